The van der Waals surface area contributed by atoms with Gasteiger partial charge in [-0.2, -0.15) is 0 Å². The number of hydrogen-bond acceptors (Lipinski definition) is 7. The third-order valence-electron chi connectivity index (χ3n) is 5.90. The second-order valence-electron chi connectivity index (χ2n) is 8.35. The van der Waals surface area contributed by atoms with Crippen molar-refractivity contribution in [1.82, 2.24) is 18.9 Å². The summed E-state index contributed by atoms with van der Waals surface area (Å²) in [5, 5.41) is 3.54. The van der Waals surface area contributed by atoms with E-state index in [1.807, 2.05) is 53.2 Å². The highest BCUT2D eigenvalue weighted by Crippen LogP contribution is 2.31. The maximum atomic E-state index is 12.9. The largest absolute Gasteiger partial charge is 0.493 e. The summed E-state index contributed by atoms with van der Waals surface area (Å²) in [4.78, 5) is 34.6. The second kappa shape index (κ2) is 9.15. The van der Waals surface area contributed by atoms with Crippen LogP contribution in [-0.4, -0.2) is 32.0 Å². The molecule has 0 aliphatic carbocycles. The highest BCUT2D eigenvalue weighted by Gasteiger charge is 2.15. The number of hydrogen-bond donors (Lipinski definition) is 1. The number of para-hydroxylation sites is 1. The van der Waals surface area contributed by atoms with Gasteiger partial charge in [0.15, 0.2) is 11.5 Å². The van der Waals surface area contributed by atoms with Gasteiger partial charge in [0, 0.05) is 29.5 Å². The number of nitrogens with one attached hydrogen (secondary N) is 1. The Bertz CT molecular complexity index is 1800. The van der Waals surface area contributed by atoms with Crippen molar-refractivity contribution in [2.75, 3.05) is 12.4 Å². The Hall–Kier alpha value is -5.12. The molecule has 1 N–H and O–H groups in total. The number of pyridine rings is 1. The molecule has 0 spiro atoms. The SMILES string of the molecule is COc1ccc(NC(=O)Cn2cnc3c(oc4ccccc43)c2=O)cc1OCc1cn2ccccc2n1. The Morgan fingerprint density at radius 3 is 2.81 bits per heavy atom. The van der Waals surface area contributed by atoms with E-state index in [4.69, 9.17) is 13.9 Å². The number of imidazole rings is 1. The lowest BCUT2D eigenvalue weighted by Crippen LogP contribution is -2.27. The normalized spacial score (nSPS) is 11.3. The fourth-order valence-corrected chi connectivity index (χ4v) is 4.16. The summed E-state index contributed by atoms with van der Waals surface area (Å²) in [7, 11) is 1.54. The first-order valence-corrected chi connectivity index (χ1v) is 11.5. The molecule has 0 bridgehead atoms. The zero-order chi connectivity index (χ0) is 25.4. The van der Waals surface area contributed by atoms with Gasteiger partial charge < -0.3 is 23.6 Å². The highest BCUT2D eigenvalue weighted by molar-refractivity contribution is 6.01. The summed E-state index contributed by atoms with van der Waals surface area (Å²) < 4.78 is 20.2. The van der Waals surface area contributed by atoms with Gasteiger partial charge in [0.25, 0.3) is 5.56 Å². The number of aromatic nitrogens is 4. The fourth-order valence-electron chi connectivity index (χ4n) is 4.16. The van der Waals surface area contributed by atoms with E-state index in [2.05, 4.69) is 15.3 Å². The monoisotopic (exact) mass is 495 g/mol. The van der Waals surface area contributed by atoms with Gasteiger partial charge in [0.1, 0.15) is 29.9 Å². The quantitative estimate of drug-likeness (QED) is 0.356. The van der Waals surface area contributed by atoms with Gasteiger partial charge in [-0.05, 0) is 36.4 Å². The molecule has 2 aromatic carbocycles. The van der Waals surface area contributed by atoms with Crippen LogP contribution in [0.4, 0.5) is 5.69 Å². The van der Waals surface area contributed by atoms with E-state index in [1.54, 1.807) is 31.4 Å². The van der Waals surface area contributed by atoms with Gasteiger partial charge in [-0.3, -0.25) is 14.2 Å². The number of benzene rings is 2. The van der Waals surface area contributed by atoms with Crippen molar-refractivity contribution in [3.8, 4) is 11.5 Å². The van der Waals surface area contributed by atoms with Crippen LogP contribution in [0.15, 0.2) is 88.6 Å². The van der Waals surface area contributed by atoms with Crippen molar-refractivity contribution in [3.05, 3.63) is 95.4 Å². The first-order chi connectivity index (χ1) is 18.1. The van der Waals surface area contributed by atoms with Gasteiger partial charge in [-0.25, -0.2) is 9.97 Å². The first kappa shape index (κ1) is 22.4. The van der Waals surface area contributed by atoms with E-state index in [1.165, 1.54) is 10.9 Å². The van der Waals surface area contributed by atoms with Crippen LogP contribution in [0.2, 0.25) is 0 Å². The molecule has 1 amide bonds. The van der Waals surface area contributed by atoms with Crippen molar-refractivity contribution < 1.29 is 18.7 Å². The van der Waals surface area contributed by atoms with E-state index < -0.39 is 11.5 Å². The van der Waals surface area contributed by atoms with E-state index in [9.17, 15) is 9.59 Å². The van der Waals surface area contributed by atoms with E-state index in [0.717, 1.165) is 16.7 Å². The lowest BCUT2D eigenvalue weighted by molar-refractivity contribution is -0.116. The third-order valence-corrected chi connectivity index (χ3v) is 5.90. The van der Waals surface area contributed by atoms with Gasteiger partial charge in [-0.15, -0.1) is 0 Å². The molecule has 4 aromatic heterocycles. The van der Waals surface area contributed by atoms with Crippen LogP contribution >= 0.6 is 0 Å². The van der Waals surface area contributed by atoms with Crippen molar-refractivity contribution in [1.29, 1.82) is 0 Å². The van der Waals surface area contributed by atoms with Crippen LogP contribution in [0.3, 0.4) is 0 Å². The lowest BCUT2D eigenvalue weighted by atomic mass is 10.2. The molecule has 0 radical (unpaired) electrons. The number of nitrogens with zero attached hydrogens (tertiary/aromatic N) is 4. The molecule has 6 aromatic rings. The summed E-state index contributed by atoms with van der Waals surface area (Å²) in [5.74, 6) is 0.549. The molecule has 10 heteroatoms. The first-order valence-electron chi connectivity index (χ1n) is 11.5. The minimum atomic E-state index is -0.428. The molecule has 0 unspecified atom stereocenters. The summed E-state index contributed by atoms with van der Waals surface area (Å²) in [6.45, 7) is -0.0176. The Morgan fingerprint density at radius 1 is 1.08 bits per heavy atom. The predicted molar refractivity (Wildman–Crippen MR) is 137 cm³/mol. The molecule has 37 heavy (non-hydrogen) atoms. The fraction of sp³-hybridized carbons (Fsp3) is 0.111. The van der Waals surface area contributed by atoms with Crippen molar-refractivity contribution >= 4 is 39.3 Å². The zero-order valence-corrected chi connectivity index (χ0v) is 19.7. The van der Waals surface area contributed by atoms with Gasteiger partial charge in [0.2, 0.25) is 11.5 Å². The Balaban J connectivity index is 1.18. The maximum absolute atomic E-state index is 12.9. The number of furan rings is 1. The molecule has 0 atom stereocenters. The standard InChI is InChI=1S/C27H21N5O5/c1-35-21-10-9-17(12-22(21)36-15-18-13-31-11-5-4-8-23(31)29-18)30-24(33)14-32-16-28-25-19-6-2-3-7-20(19)37-26(25)27(32)34/h2-13,16H,14-15H2,1H3,(H,30,33). The minimum Gasteiger partial charge on any atom is -0.493 e. The number of carbonyl (C=O) groups is 1. The van der Waals surface area contributed by atoms with Crippen LogP contribution in [0.1, 0.15) is 5.69 Å². The molecule has 6 rings (SSSR count). The van der Waals surface area contributed by atoms with Crippen molar-refractivity contribution in [2.24, 2.45) is 0 Å². The maximum Gasteiger partial charge on any atom is 0.297 e. The summed E-state index contributed by atoms with van der Waals surface area (Å²) in [6.07, 6.45) is 5.15. The Kier molecular flexibility index (Phi) is 5.53. The average Bonchev–Trinajstić information content (AvgIpc) is 3.51. The van der Waals surface area contributed by atoms with Crippen LogP contribution < -0.4 is 20.3 Å². The lowest BCUT2D eigenvalue weighted by Gasteiger charge is -2.12. The molecule has 0 aliphatic heterocycles. The highest BCUT2D eigenvalue weighted by atomic mass is 16.5. The number of amides is 1. The molecule has 0 saturated heterocycles. The average molecular weight is 495 g/mol. The van der Waals surface area contributed by atoms with Crippen molar-refractivity contribution in [2.45, 2.75) is 13.2 Å². The summed E-state index contributed by atoms with van der Waals surface area (Å²) in [5.41, 5.74) is 2.78. The number of fused-ring (bicyclic) bond motifs is 4. The number of ether oxygens (including phenoxy) is 2. The Labute approximate surface area is 209 Å². The number of methoxy groups -OCH3 is 1. The number of carbonyl (C=O) groups excluding carboxylic acids is 1. The molecule has 0 fully saturated rings. The molecule has 10 nitrogen and oxygen atoms in total. The van der Waals surface area contributed by atoms with Gasteiger partial charge >= 0.3 is 0 Å². The molecule has 184 valence electrons. The van der Waals surface area contributed by atoms with E-state index in [-0.39, 0.29) is 18.7 Å². The predicted octanol–water partition coefficient (Wildman–Crippen LogP) is 4.02. The molecular weight excluding hydrogens is 474 g/mol. The summed E-state index contributed by atoms with van der Waals surface area (Å²) in [6, 6.07) is 18.1. The Morgan fingerprint density at radius 2 is 1.95 bits per heavy atom. The number of anilines is 1. The van der Waals surface area contributed by atoms with Gasteiger partial charge in [-0.1, -0.05) is 18.2 Å². The van der Waals surface area contributed by atoms with Crippen LogP contribution in [0.5, 0.6) is 11.5 Å². The van der Waals surface area contributed by atoms with Crippen LogP contribution in [0, 0.1) is 0 Å². The molecular formula is C27H21N5O5. The van der Waals surface area contributed by atoms with E-state index in [0.29, 0.717) is 28.3 Å². The second-order valence-corrected chi connectivity index (χ2v) is 8.35. The van der Waals surface area contributed by atoms with Crippen molar-refractivity contribution in [3.63, 3.8) is 0 Å². The summed E-state index contributed by atoms with van der Waals surface area (Å²) >= 11 is 0. The van der Waals surface area contributed by atoms with Crippen LogP contribution in [-0.2, 0) is 17.9 Å². The molecule has 0 aliphatic rings. The topological polar surface area (TPSA) is 113 Å². The van der Waals surface area contributed by atoms with Gasteiger partial charge in [0.05, 0.1) is 19.1 Å². The smallest absolute Gasteiger partial charge is 0.297 e. The minimum absolute atomic E-state index is 0.114. The number of rotatable bonds is 7. The third kappa shape index (κ3) is 4.25. The molecule has 4 heterocycles. The zero-order valence-electron chi connectivity index (χ0n) is 19.7. The van der Waals surface area contributed by atoms with E-state index >= 15 is 0 Å². The molecule has 0 saturated carbocycles. The van der Waals surface area contributed by atoms with Crippen LogP contribution in [0.25, 0.3) is 27.7 Å².